The Balaban J connectivity index is 2.07. The summed E-state index contributed by atoms with van der Waals surface area (Å²) in [7, 11) is -1.66. The average Bonchev–Trinajstić information content (AvgIpc) is 2.90. The molecule has 2 aromatic carbocycles. The van der Waals surface area contributed by atoms with Crippen LogP contribution < -0.4 is 4.80 Å². The molecular formula is C17H15FN2O3S2. The summed E-state index contributed by atoms with van der Waals surface area (Å²) in [6, 6.07) is 10.2. The van der Waals surface area contributed by atoms with Gasteiger partial charge < -0.3 is 4.57 Å². The largest absolute Gasteiger partial charge is 0.319 e. The molecule has 0 fully saturated rings. The Kier molecular flexibility index (Phi) is 4.57. The van der Waals surface area contributed by atoms with Gasteiger partial charge in [-0.1, -0.05) is 24.3 Å². The van der Waals surface area contributed by atoms with Gasteiger partial charge in [0.15, 0.2) is 14.6 Å². The summed E-state index contributed by atoms with van der Waals surface area (Å²) in [5.74, 6) is -0.945. The molecule has 130 valence electrons. The highest BCUT2D eigenvalue weighted by Gasteiger charge is 2.14. The predicted molar refractivity (Wildman–Crippen MR) is 94.8 cm³/mol. The number of halogens is 1. The van der Waals surface area contributed by atoms with E-state index in [2.05, 4.69) is 4.99 Å². The van der Waals surface area contributed by atoms with Gasteiger partial charge in [-0.2, -0.15) is 4.99 Å². The van der Waals surface area contributed by atoms with Gasteiger partial charge >= 0.3 is 0 Å². The SMILES string of the molecule is CCS(=O)(=O)c1cccc(C(=O)N=c2sc3cc(F)ccc3n2C)c1. The van der Waals surface area contributed by atoms with Crippen LogP contribution in [0.1, 0.15) is 17.3 Å². The van der Waals surface area contributed by atoms with Crippen molar-refractivity contribution in [1.82, 2.24) is 4.57 Å². The van der Waals surface area contributed by atoms with E-state index in [4.69, 9.17) is 0 Å². The summed E-state index contributed by atoms with van der Waals surface area (Å²) in [5.41, 5.74) is 0.957. The van der Waals surface area contributed by atoms with E-state index in [0.29, 0.717) is 9.50 Å². The molecule has 1 heterocycles. The molecule has 1 aromatic heterocycles. The van der Waals surface area contributed by atoms with Crippen LogP contribution in [0.3, 0.4) is 0 Å². The highest BCUT2D eigenvalue weighted by atomic mass is 32.2. The first-order valence-corrected chi connectivity index (χ1v) is 9.95. The molecule has 0 unspecified atom stereocenters. The van der Waals surface area contributed by atoms with Gasteiger partial charge in [0.25, 0.3) is 5.91 Å². The standard InChI is InChI=1S/C17H15FN2O3S2/c1-3-25(22,23)13-6-4-5-11(9-13)16(21)19-17-20(2)14-8-7-12(18)10-15(14)24-17/h4-10H,3H2,1-2H3. The second-order valence-electron chi connectivity index (χ2n) is 5.40. The first-order chi connectivity index (χ1) is 11.8. The number of amides is 1. The molecule has 0 radical (unpaired) electrons. The van der Waals surface area contributed by atoms with Crippen LogP contribution in [-0.4, -0.2) is 24.6 Å². The van der Waals surface area contributed by atoms with Gasteiger partial charge in [-0.05, 0) is 36.4 Å². The number of benzene rings is 2. The fourth-order valence-electron chi connectivity index (χ4n) is 2.36. The van der Waals surface area contributed by atoms with E-state index < -0.39 is 15.7 Å². The maximum Gasteiger partial charge on any atom is 0.279 e. The fourth-order valence-corrected chi connectivity index (χ4v) is 4.32. The van der Waals surface area contributed by atoms with E-state index in [0.717, 1.165) is 5.52 Å². The lowest BCUT2D eigenvalue weighted by Gasteiger charge is -2.02. The van der Waals surface area contributed by atoms with Gasteiger partial charge in [0.2, 0.25) is 0 Å². The summed E-state index contributed by atoms with van der Waals surface area (Å²) >= 11 is 1.19. The van der Waals surface area contributed by atoms with Crippen LogP contribution in [-0.2, 0) is 16.9 Å². The summed E-state index contributed by atoms with van der Waals surface area (Å²) in [6.45, 7) is 1.55. The zero-order chi connectivity index (χ0) is 18.2. The van der Waals surface area contributed by atoms with Crippen molar-refractivity contribution in [2.75, 3.05) is 5.75 Å². The molecule has 0 atom stereocenters. The molecule has 0 spiro atoms. The van der Waals surface area contributed by atoms with Gasteiger partial charge in [-0.15, -0.1) is 0 Å². The number of rotatable bonds is 3. The molecule has 0 aliphatic rings. The minimum Gasteiger partial charge on any atom is -0.319 e. The lowest BCUT2D eigenvalue weighted by atomic mass is 10.2. The fraction of sp³-hybridized carbons (Fsp3) is 0.176. The number of carbonyl (C=O) groups excluding carboxylic acids is 1. The lowest BCUT2D eigenvalue weighted by Crippen LogP contribution is -2.13. The Labute approximate surface area is 148 Å². The molecule has 3 aromatic rings. The normalized spacial score (nSPS) is 12.7. The Bertz CT molecular complexity index is 1140. The molecule has 0 saturated carbocycles. The van der Waals surface area contributed by atoms with Crippen molar-refractivity contribution in [3.63, 3.8) is 0 Å². The second kappa shape index (κ2) is 6.53. The van der Waals surface area contributed by atoms with Crippen molar-refractivity contribution >= 4 is 37.3 Å². The number of carbonyl (C=O) groups is 1. The number of thiazole rings is 1. The van der Waals surface area contributed by atoms with Crippen LogP contribution in [0, 0.1) is 5.82 Å². The number of aromatic nitrogens is 1. The molecule has 0 aliphatic heterocycles. The van der Waals surface area contributed by atoms with Crippen LogP contribution in [0.15, 0.2) is 52.4 Å². The monoisotopic (exact) mass is 378 g/mol. The van der Waals surface area contributed by atoms with E-state index in [1.807, 2.05) is 0 Å². The van der Waals surface area contributed by atoms with Gasteiger partial charge in [-0.3, -0.25) is 4.79 Å². The van der Waals surface area contributed by atoms with E-state index in [-0.39, 0.29) is 22.0 Å². The van der Waals surface area contributed by atoms with Crippen LogP contribution in [0.2, 0.25) is 0 Å². The van der Waals surface area contributed by atoms with Gasteiger partial charge in [0, 0.05) is 12.6 Å². The Morgan fingerprint density at radius 1 is 1.24 bits per heavy atom. The zero-order valence-electron chi connectivity index (χ0n) is 13.6. The van der Waals surface area contributed by atoms with Crippen molar-refractivity contribution in [2.24, 2.45) is 12.0 Å². The minimum atomic E-state index is -3.40. The third kappa shape index (κ3) is 3.40. The zero-order valence-corrected chi connectivity index (χ0v) is 15.2. The van der Waals surface area contributed by atoms with Gasteiger partial charge in [-0.25, -0.2) is 12.8 Å². The van der Waals surface area contributed by atoms with Crippen molar-refractivity contribution in [3.05, 3.63) is 58.6 Å². The van der Waals surface area contributed by atoms with Crippen molar-refractivity contribution in [3.8, 4) is 0 Å². The quantitative estimate of drug-likeness (QED) is 0.704. The summed E-state index contributed by atoms with van der Waals surface area (Å²) in [6.07, 6.45) is 0. The Hall–Kier alpha value is -2.32. The third-order valence-corrected chi connectivity index (χ3v) is 6.62. The van der Waals surface area contributed by atoms with E-state index in [1.54, 1.807) is 24.6 Å². The summed E-state index contributed by atoms with van der Waals surface area (Å²) in [4.78, 5) is 17.0. The molecule has 25 heavy (non-hydrogen) atoms. The smallest absolute Gasteiger partial charge is 0.279 e. The van der Waals surface area contributed by atoms with Crippen molar-refractivity contribution in [2.45, 2.75) is 11.8 Å². The molecule has 0 saturated heterocycles. The molecule has 0 N–H and O–H groups in total. The number of hydrogen-bond acceptors (Lipinski definition) is 4. The van der Waals surface area contributed by atoms with E-state index >= 15 is 0 Å². The number of aryl methyl sites for hydroxylation is 1. The molecule has 8 heteroatoms. The number of fused-ring (bicyclic) bond motifs is 1. The highest BCUT2D eigenvalue weighted by molar-refractivity contribution is 7.91. The number of nitrogens with zero attached hydrogens (tertiary/aromatic N) is 2. The second-order valence-corrected chi connectivity index (χ2v) is 8.69. The lowest BCUT2D eigenvalue weighted by molar-refractivity contribution is 0.0997. The van der Waals surface area contributed by atoms with Gasteiger partial charge in [0.05, 0.1) is 20.9 Å². The average molecular weight is 378 g/mol. The topological polar surface area (TPSA) is 68.5 Å². The van der Waals surface area contributed by atoms with Gasteiger partial charge in [0.1, 0.15) is 5.82 Å². The highest BCUT2D eigenvalue weighted by Crippen LogP contribution is 2.18. The molecule has 0 bridgehead atoms. The molecule has 0 aliphatic carbocycles. The number of sulfone groups is 1. The Morgan fingerprint density at radius 3 is 2.72 bits per heavy atom. The first-order valence-electron chi connectivity index (χ1n) is 7.49. The molecule has 5 nitrogen and oxygen atoms in total. The maximum atomic E-state index is 13.3. The van der Waals surface area contributed by atoms with Crippen LogP contribution >= 0.6 is 11.3 Å². The predicted octanol–water partition coefficient (Wildman–Crippen LogP) is 2.91. The molecule has 1 amide bonds. The van der Waals surface area contributed by atoms with E-state index in [1.165, 1.54) is 47.7 Å². The Morgan fingerprint density at radius 2 is 2.00 bits per heavy atom. The minimum absolute atomic E-state index is 0.0430. The van der Waals surface area contributed by atoms with Crippen LogP contribution in [0.4, 0.5) is 4.39 Å². The third-order valence-electron chi connectivity index (χ3n) is 3.79. The molecule has 3 rings (SSSR count). The van der Waals surface area contributed by atoms with E-state index in [9.17, 15) is 17.6 Å². The summed E-state index contributed by atoms with van der Waals surface area (Å²) in [5, 5.41) is 0. The maximum absolute atomic E-state index is 13.3. The van der Waals surface area contributed by atoms with Crippen molar-refractivity contribution in [1.29, 1.82) is 0 Å². The first kappa shape index (κ1) is 17.5. The molecular weight excluding hydrogens is 363 g/mol. The van der Waals surface area contributed by atoms with Crippen LogP contribution in [0.25, 0.3) is 10.2 Å². The van der Waals surface area contributed by atoms with Crippen molar-refractivity contribution < 1.29 is 17.6 Å². The van der Waals surface area contributed by atoms with Crippen LogP contribution in [0.5, 0.6) is 0 Å². The number of hydrogen-bond donors (Lipinski definition) is 0. The summed E-state index contributed by atoms with van der Waals surface area (Å²) < 4.78 is 39.6.